The van der Waals surface area contributed by atoms with Gasteiger partial charge in [-0.25, -0.2) is 0 Å². The summed E-state index contributed by atoms with van der Waals surface area (Å²) in [6.45, 7) is 4.52. The fourth-order valence-electron chi connectivity index (χ4n) is 2.61. The number of aryl methyl sites for hydroxylation is 1. The molecular weight excluding hydrogens is 328 g/mol. The van der Waals surface area contributed by atoms with Crippen molar-refractivity contribution in [3.8, 4) is 5.75 Å². The van der Waals surface area contributed by atoms with Crippen molar-refractivity contribution < 1.29 is 14.3 Å². The minimum Gasteiger partial charge on any atom is -0.481 e. The fourth-order valence-corrected chi connectivity index (χ4v) is 2.61. The van der Waals surface area contributed by atoms with E-state index in [2.05, 4.69) is 0 Å². The van der Waals surface area contributed by atoms with E-state index >= 15 is 0 Å². The Morgan fingerprint density at radius 1 is 1.04 bits per heavy atom. The third-order valence-corrected chi connectivity index (χ3v) is 4.13. The molecule has 26 heavy (non-hydrogen) atoms. The summed E-state index contributed by atoms with van der Waals surface area (Å²) >= 11 is 0. The van der Waals surface area contributed by atoms with Crippen LogP contribution in [0.1, 0.15) is 24.5 Å². The molecule has 0 aliphatic carbocycles. The van der Waals surface area contributed by atoms with Gasteiger partial charge in [0.15, 0.2) is 6.10 Å². The van der Waals surface area contributed by atoms with E-state index in [1.807, 2.05) is 61.5 Å². The molecule has 0 spiro atoms. The highest BCUT2D eigenvalue weighted by Gasteiger charge is 2.22. The lowest BCUT2D eigenvalue weighted by atomic mass is 10.1. The molecule has 0 fully saturated rings. The van der Waals surface area contributed by atoms with Gasteiger partial charge in [-0.1, -0.05) is 48.0 Å². The molecular formula is C21H26N2O3. The van der Waals surface area contributed by atoms with Crippen LogP contribution in [-0.2, 0) is 16.0 Å². The first kappa shape index (κ1) is 19.5. The van der Waals surface area contributed by atoms with Crippen LogP contribution in [0.4, 0.5) is 0 Å². The van der Waals surface area contributed by atoms with E-state index in [0.29, 0.717) is 25.3 Å². The number of benzene rings is 2. The smallest absolute Gasteiger partial charge is 0.263 e. The zero-order valence-corrected chi connectivity index (χ0v) is 15.4. The number of amides is 2. The van der Waals surface area contributed by atoms with Gasteiger partial charge in [0.1, 0.15) is 5.75 Å². The van der Waals surface area contributed by atoms with Gasteiger partial charge in [0, 0.05) is 19.5 Å². The zero-order valence-electron chi connectivity index (χ0n) is 15.4. The lowest BCUT2D eigenvalue weighted by Gasteiger charge is -2.26. The van der Waals surface area contributed by atoms with Crippen molar-refractivity contribution in [2.45, 2.75) is 32.8 Å². The van der Waals surface area contributed by atoms with Crippen molar-refractivity contribution in [3.63, 3.8) is 0 Å². The number of hydrogen-bond donors (Lipinski definition) is 1. The average Bonchev–Trinajstić information content (AvgIpc) is 2.63. The number of ether oxygens (including phenoxy) is 1. The van der Waals surface area contributed by atoms with Crippen LogP contribution in [-0.4, -0.2) is 35.9 Å². The van der Waals surface area contributed by atoms with Crippen LogP contribution in [0.15, 0.2) is 54.6 Å². The van der Waals surface area contributed by atoms with Crippen LogP contribution in [0, 0.1) is 6.92 Å². The summed E-state index contributed by atoms with van der Waals surface area (Å²) in [6.07, 6.45) is 0.210. The van der Waals surface area contributed by atoms with Crippen LogP contribution < -0.4 is 10.5 Å². The van der Waals surface area contributed by atoms with Gasteiger partial charge < -0.3 is 15.4 Å². The van der Waals surface area contributed by atoms with Gasteiger partial charge in [-0.2, -0.15) is 0 Å². The highest BCUT2D eigenvalue weighted by Crippen LogP contribution is 2.15. The normalized spacial score (nSPS) is 11.6. The van der Waals surface area contributed by atoms with Crippen molar-refractivity contribution >= 4 is 11.8 Å². The van der Waals surface area contributed by atoms with Crippen LogP contribution in [0.3, 0.4) is 0 Å². The quantitative estimate of drug-likeness (QED) is 0.752. The minimum atomic E-state index is -0.638. The number of carbonyl (C=O) groups is 2. The van der Waals surface area contributed by atoms with Gasteiger partial charge in [-0.15, -0.1) is 0 Å². The standard InChI is InChI=1S/C21H26N2O3/c1-16-8-10-19(11-9-16)26-17(2)21(25)23(15-13-20(22)24)14-12-18-6-4-3-5-7-18/h3-11,17H,12-15H2,1-2H3,(H2,22,24). The summed E-state index contributed by atoms with van der Waals surface area (Å²) in [7, 11) is 0. The third kappa shape index (κ3) is 6.24. The van der Waals surface area contributed by atoms with Gasteiger partial charge >= 0.3 is 0 Å². The predicted molar refractivity (Wildman–Crippen MR) is 102 cm³/mol. The van der Waals surface area contributed by atoms with Crippen molar-refractivity contribution in [3.05, 3.63) is 65.7 Å². The Kier molecular flexibility index (Phi) is 7.21. The van der Waals surface area contributed by atoms with E-state index in [9.17, 15) is 9.59 Å². The average molecular weight is 354 g/mol. The third-order valence-electron chi connectivity index (χ3n) is 4.13. The Bertz CT molecular complexity index is 714. The van der Waals surface area contributed by atoms with Crippen molar-refractivity contribution in [1.82, 2.24) is 4.90 Å². The van der Waals surface area contributed by atoms with Crippen molar-refractivity contribution in [2.75, 3.05) is 13.1 Å². The number of primary amides is 1. The first-order chi connectivity index (χ1) is 12.5. The largest absolute Gasteiger partial charge is 0.481 e. The van der Waals surface area contributed by atoms with Gasteiger partial charge in [-0.3, -0.25) is 9.59 Å². The number of nitrogens with zero attached hydrogens (tertiary/aromatic N) is 1. The summed E-state index contributed by atoms with van der Waals surface area (Å²) < 4.78 is 5.76. The van der Waals surface area contributed by atoms with Gasteiger partial charge in [-0.05, 0) is 38.0 Å². The summed E-state index contributed by atoms with van der Waals surface area (Å²) in [6, 6.07) is 17.5. The lowest BCUT2D eigenvalue weighted by molar-refractivity contribution is -0.138. The lowest BCUT2D eigenvalue weighted by Crippen LogP contribution is -2.43. The molecule has 2 aromatic carbocycles. The maximum absolute atomic E-state index is 12.8. The molecule has 2 N–H and O–H groups in total. The van der Waals surface area contributed by atoms with E-state index in [0.717, 1.165) is 11.1 Å². The molecule has 0 aliphatic rings. The number of carbonyl (C=O) groups excluding carboxylic acids is 2. The van der Waals surface area contributed by atoms with Crippen LogP contribution in [0.2, 0.25) is 0 Å². The van der Waals surface area contributed by atoms with Crippen LogP contribution in [0.5, 0.6) is 5.75 Å². The molecule has 2 aromatic rings. The number of hydrogen-bond acceptors (Lipinski definition) is 3. The molecule has 0 aromatic heterocycles. The SMILES string of the molecule is Cc1ccc(OC(C)C(=O)N(CCC(N)=O)CCc2ccccc2)cc1. The molecule has 0 saturated heterocycles. The maximum Gasteiger partial charge on any atom is 0.263 e. The summed E-state index contributed by atoms with van der Waals surface area (Å²) in [5.41, 5.74) is 7.52. The van der Waals surface area contributed by atoms with Crippen LogP contribution >= 0.6 is 0 Å². The maximum atomic E-state index is 12.8. The molecule has 5 nitrogen and oxygen atoms in total. The second-order valence-corrected chi connectivity index (χ2v) is 6.35. The molecule has 0 bridgehead atoms. The first-order valence-corrected chi connectivity index (χ1v) is 8.80. The van der Waals surface area contributed by atoms with Crippen LogP contribution in [0.25, 0.3) is 0 Å². The van der Waals surface area contributed by atoms with Crippen molar-refractivity contribution in [2.24, 2.45) is 5.73 Å². The van der Waals surface area contributed by atoms with Crippen molar-refractivity contribution in [1.29, 1.82) is 0 Å². The Hall–Kier alpha value is -2.82. The van der Waals surface area contributed by atoms with Gasteiger partial charge in [0.25, 0.3) is 5.91 Å². The monoisotopic (exact) mass is 354 g/mol. The second-order valence-electron chi connectivity index (χ2n) is 6.35. The van der Waals surface area contributed by atoms with Gasteiger partial charge in [0.05, 0.1) is 0 Å². The number of nitrogens with two attached hydrogens (primary N) is 1. The zero-order chi connectivity index (χ0) is 18.9. The topological polar surface area (TPSA) is 72.6 Å². The second kappa shape index (κ2) is 9.61. The molecule has 1 unspecified atom stereocenters. The molecule has 1 atom stereocenters. The Balaban J connectivity index is 2.00. The molecule has 0 saturated carbocycles. The molecule has 138 valence electrons. The number of rotatable bonds is 9. The molecule has 0 aliphatic heterocycles. The van der Waals surface area contributed by atoms with Gasteiger partial charge in [0.2, 0.25) is 5.91 Å². The fraction of sp³-hybridized carbons (Fsp3) is 0.333. The Labute approximate surface area is 154 Å². The van der Waals surface area contributed by atoms with E-state index in [4.69, 9.17) is 10.5 Å². The molecule has 0 radical (unpaired) electrons. The first-order valence-electron chi connectivity index (χ1n) is 8.80. The summed E-state index contributed by atoms with van der Waals surface area (Å²) in [5, 5.41) is 0. The summed E-state index contributed by atoms with van der Waals surface area (Å²) in [4.78, 5) is 25.6. The highest BCUT2D eigenvalue weighted by atomic mass is 16.5. The highest BCUT2D eigenvalue weighted by molar-refractivity contribution is 5.82. The Morgan fingerprint density at radius 2 is 1.69 bits per heavy atom. The minimum absolute atomic E-state index is 0.137. The molecule has 5 heteroatoms. The van der Waals surface area contributed by atoms with E-state index in [1.54, 1.807) is 11.8 Å². The molecule has 2 rings (SSSR count). The molecule has 2 amide bonds. The Morgan fingerprint density at radius 3 is 2.31 bits per heavy atom. The summed E-state index contributed by atoms with van der Waals surface area (Å²) in [5.74, 6) is 0.0757. The molecule has 0 heterocycles. The van der Waals surface area contributed by atoms with E-state index < -0.39 is 12.0 Å². The predicted octanol–water partition coefficient (Wildman–Crippen LogP) is 2.71. The van der Waals surface area contributed by atoms with E-state index in [-0.39, 0.29) is 12.3 Å². The van der Waals surface area contributed by atoms with E-state index in [1.165, 1.54) is 0 Å².